The van der Waals surface area contributed by atoms with E-state index >= 15 is 0 Å². The number of carboxylic acids is 1. The first-order valence-electron chi connectivity index (χ1n) is 10.9. The second kappa shape index (κ2) is 11.0. The normalized spacial score (nSPS) is 17.3. The number of aliphatic carboxylic acids is 1. The molecule has 0 bridgehead atoms. The molecule has 0 aromatic heterocycles. The molecule has 1 aliphatic heterocycles. The van der Waals surface area contributed by atoms with E-state index in [-0.39, 0.29) is 43.9 Å². The molecule has 1 heterocycles. The van der Waals surface area contributed by atoms with Crippen LogP contribution in [0.25, 0.3) is 0 Å². The standard InChI is InChI=1S/C24H23Cl2F3N2O5/c1-23(21(34)30(11-2-3-20(32)33)14-15-4-7-17(25)8-5-15)10-12-31(23)22(35)36-19-13-16(24(27,28)29)6-9-18(19)26/h4-9,13H,2-3,10-12,14H2,1H3,(H,32,33). The first-order valence-corrected chi connectivity index (χ1v) is 11.7. The largest absolute Gasteiger partial charge is 0.481 e. The highest BCUT2D eigenvalue weighted by Crippen LogP contribution is 2.37. The number of ether oxygens (including phenoxy) is 1. The number of benzene rings is 2. The Balaban J connectivity index is 1.78. The van der Waals surface area contributed by atoms with Crippen molar-refractivity contribution in [2.24, 2.45) is 0 Å². The van der Waals surface area contributed by atoms with Crippen molar-refractivity contribution in [1.29, 1.82) is 0 Å². The maximum Gasteiger partial charge on any atom is 0.416 e. The Morgan fingerprint density at radius 2 is 1.81 bits per heavy atom. The van der Waals surface area contributed by atoms with Gasteiger partial charge in [0.05, 0.1) is 10.6 Å². The molecule has 1 atom stereocenters. The number of alkyl halides is 3. The van der Waals surface area contributed by atoms with Gasteiger partial charge in [-0.1, -0.05) is 35.3 Å². The Kier molecular flexibility index (Phi) is 8.40. The van der Waals surface area contributed by atoms with Crippen molar-refractivity contribution in [3.63, 3.8) is 0 Å². The van der Waals surface area contributed by atoms with Gasteiger partial charge in [-0.15, -0.1) is 0 Å². The third-order valence-electron chi connectivity index (χ3n) is 5.95. The zero-order valence-corrected chi connectivity index (χ0v) is 20.7. The summed E-state index contributed by atoms with van der Waals surface area (Å²) in [6.45, 7) is 1.93. The van der Waals surface area contributed by atoms with Crippen LogP contribution in [0.1, 0.15) is 37.3 Å². The fraction of sp³-hybridized carbons (Fsp3) is 0.375. The molecular formula is C24H23Cl2F3N2O5. The second-order valence-electron chi connectivity index (χ2n) is 8.54. The number of hydrogen-bond donors (Lipinski definition) is 1. The molecule has 1 unspecified atom stereocenters. The number of nitrogens with zero attached hydrogens (tertiary/aromatic N) is 2. The lowest BCUT2D eigenvalue weighted by molar-refractivity contribution is -0.150. The molecule has 7 nitrogen and oxygen atoms in total. The van der Waals surface area contributed by atoms with Gasteiger partial charge in [-0.05, 0) is 55.7 Å². The van der Waals surface area contributed by atoms with Crippen molar-refractivity contribution in [3.8, 4) is 5.75 Å². The fourth-order valence-corrected chi connectivity index (χ4v) is 4.09. The molecular weight excluding hydrogens is 524 g/mol. The molecule has 2 aromatic rings. The Hall–Kier alpha value is -2.98. The number of carbonyl (C=O) groups is 3. The number of rotatable bonds is 8. The zero-order chi connectivity index (χ0) is 26.7. The van der Waals surface area contributed by atoms with Gasteiger partial charge < -0.3 is 14.7 Å². The second-order valence-corrected chi connectivity index (χ2v) is 9.38. The lowest BCUT2D eigenvalue weighted by Gasteiger charge is -2.49. The molecule has 0 saturated carbocycles. The van der Waals surface area contributed by atoms with Crippen molar-refractivity contribution in [2.75, 3.05) is 13.1 Å². The lowest BCUT2D eigenvalue weighted by atomic mass is 9.85. The minimum absolute atomic E-state index is 0.117. The maximum absolute atomic E-state index is 13.5. The Labute approximate surface area is 215 Å². The molecule has 0 spiro atoms. The van der Waals surface area contributed by atoms with Crippen LogP contribution in [0.4, 0.5) is 18.0 Å². The summed E-state index contributed by atoms with van der Waals surface area (Å²) in [6, 6.07) is 9.13. The van der Waals surface area contributed by atoms with Crippen LogP contribution in [0.2, 0.25) is 10.0 Å². The van der Waals surface area contributed by atoms with Gasteiger partial charge in [-0.25, -0.2) is 4.79 Å². The molecule has 1 aliphatic rings. The molecule has 2 amide bonds. The number of hydrogen-bond acceptors (Lipinski definition) is 4. The van der Waals surface area contributed by atoms with Gasteiger partial charge in [-0.3, -0.25) is 14.5 Å². The van der Waals surface area contributed by atoms with Crippen LogP contribution in [0.5, 0.6) is 5.75 Å². The van der Waals surface area contributed by atoms with Crippen LogP contribution in [0.15, 0.2) is 42.5 Å². The van der Waals surface area contributed by atoms with Gasteiger partial charge in [0.1, 0.15) is 5.54 Å². The van der Waals surface area contributed by atoms with E-state index in [9.17, 15) is 27.6 Å². The predicted octanol–water partition coefficient (Wildman–Crippen LogP) is 5.87. The Morgan fingerprint density at radius 3 is 2.36 bits per heavy atom. The van der Waals surface area contributed by atoms with E-state index in [0.29, 0.717) is 11.1 Å². The van der Waals surface area contributed by atoms with Crippen molar-refractivity contribution in [3.05, 3.63) is 63.6 Å². The fourth-order valence-electron chi connectivity index (χ4n) is 3.81. The van der Waals surface area contributed by atoms with Gasteiger partial charge in [0.15, 0.2) is 5.75 Å². The summed E-state index contributed by atoms with van der Waals surface area (Å²) in [4.78, 5) is 39.9. The highest BCUT2D eigenvalue weighted by atomic mass is 35.5. The van der Waals surface area contributed by atoms with Gasteiger partial charge in [0.25, 0.3) is 0 Å². The molecule has 1 saturated heterocycles. The molecule has 0 aliphatic carbocycles. The minimum Gasteiger partial charge on any atom is -0.481 e. The number of halogens is 5. The number of carboxylic acid groups (broad SMARTS) is 1. The van der Waals surface area contributed by atoms with Crippen LogP contribution >= 0.6 is 23.2 Å². The first kappa shape index (κ1) is 27.6. The lowest BCUT2D eigenvalue weighted by Crippen LogP contribution is -2.68. The van der Waals surface area contributed by atoms with E-state index in [1.54, 1.807) is 24.3 Å². The van der Waals surface area contributed by atoms with Crippen LogP contribution in [-0.4, -0.2) is 51.5 Å². The molecule has 1 N–H and O–H groups in total. The molecule has 1 fully saturated rings. The summed E-state index contributed by atoms with van der Waals surface area (Å²) < 4.78 is 44.3. The Bertz CT molecular complexity index is 1140. The monoisotopic (exact) mass is 546 g/mol. The van der Waals surface area contributed by atoms with E-state index in [1.807, 2.05) is 0 Å². The van der Waals surface area contributed by atoms with Gasteiger partial charge in [-0.2, -0.15) is 13.2 Å². The van der Waals surface area contributed by atoms with Crippen LogP contribution in [-0.2, 0) is 22.3 Å². The number of carbonyl (C=O) groups excluding carboxylic acids is 2. The van der Waals surface area contributed by atoms with E-state index < -0.39 is 41.0 Å². The van der Waals surface area contributed by atoms with Gasteiger partial charge in [0, 0.05) is 31.1 Å². The molecule has 3 rings (SSSR count). The van der Waals surface area contributed by atoms with Crippen molar-refractivity contribution >= 4 is 41.2 Å². The highest BCUT2D eigenvalue weighted by Gasteiger charge is 2.52. The van der Waals surface area contributed by atoms with E-state index in [4.69, 9.17) is 33.0 Å². The topological polar surface area (TPSA) is 87.2 Å². The highest BCUT2D eigenvalue weighted by molar-refractivity contribution is 6.32. The van der Waals surface area contributed by atoms with Crippen molar-refractivity contribution in [2.45, 2.75) is 44.4 Å². The SMILES string of the molecule is CC1(C(=O)N(CCCC(=O)O)Cc2ccc(Cl)cc2)CCN1C(=O)Oc1cc(C(F)(F)F)ccc1Cl. The van der Waals surface area contributed by atoms with Crippen LogP contribution < -0.4 is 4.74 Å². The smallest absolute Gasteiger partial charge is 0.416 e. The minimum atomic E-state index is -4.66. The number of likely N-dealkylation sites (tertiary alicyclic amines) is 1. The third-order valence-corrected chi connectivity index (χ3v) is 6.51. The molecule has 36 heavy (non-hydrogen) atoms. The van der Waals surface area contributed by atoms with Crippen LogP contribution in [0.3, 0.4) is 0 Å². The summed E-state index contributed by atoms with van der Waals surface area (Å²) in [5.41, 5.74) is -1.62. The Morgan fingerprint density at radius 1 is 1.14 bits per heavy atom. The summed E-state index contributed by atoms with van der Waals surface area (Å²) >= 11 is 11.9. The average molecular weight is 547 g/mol. The van der Waals surface area contributed by atoms with E-state index in [2.05, 4.69) is 0 Å². The van der Waals surface area contributed by atoms with Gasteiger partial charge >= 0.3 is 18.2 Å². The zero-order valence-electron chi connectivity index (χ0n) is 19.1. The van der Waals surface area contributed by atoms with Crippen molar-refractivity contribution < 1.29 is 37.4 Å². The number of amides is 2. The summed E-state index contributed by atoms with van der Waals surface area (Å²) in [6.07, 6.45) is -5.36. The summed E-state index contributed by atoms with van der Waals surface area (Å²) in [7, 11) is 0. The summed E-state index contributed by atoms with van der Waals surface area (Å²) in [5.74, 6) is -1.93. The molecule has 2 aromatic carbocycles. The van der Waals surface area contributed by atoms with E-state index in [0.717, 1.165) is 22.6 Å². The first-order chi connectivity index (χ1) is 16.8. The third kappa shape index (κ3) is 6.41. The van der Waals surface area contributed by atoms with Gasteiger partial charge in [0.2, 0.25) is 5.91 Å². The average Bonchev–Trinajstić information content (AvgIpc) is 2.78. The van der Waals surface area contributed by atoms with E-state index in [1.165, 1.54) is 11.8 Å². The molecule has 12 heteroatoms. The maximum atomic E-state index is 13.5. The quantitative estimate of drug-likeness (QED) is 0.447. The van der Waals surface area contributed by atoms with Crippen molar-refractivity contribution in [1.82, 2.24) is 9.80 Å². The van der Waals surface area contributed by atoms with Crippen LogP contribution in [0, 0.1) is 0 Å². The predicted molar refractivity (Wildman–Crippen MR) is 126 cm³/mol. The molecule has 0 radical (unpaired) electrons. The molecule has 194 valence electrons. The summed E-state index contributed by atoms with van der Waals surface area (Å²) in [5, 5.41) is 9.30.